The van der Waals surface area contributed by atoms with E-state index in [9.17, 15) is 13.2 Å². The van der Waals surface area contributed by atoms with Crippen molar-refractivity contribution in [1.82, 2.24) is 4.98 Å². The lowest BCUT2D eigenvalue weighted by Crippen LogP contribution is -2.05. The van der Waals surface area contributed by atoms with Gasteiger partial charge in [0.15, 0.2) is 17.5 Å². The second-order valence-corrected chi connectivity index (χ2v) is 4.99. The van der Waals surface area contributed by atoms with Crippen LogP contribution in [0.3, 0.4) is 0 Å². The first kappa shape index (κ1) is 12.4. The van der Waals surface area contributed by atoms with Gasteiger partial charge in [0, 0.05) is 15.4 Å². The molecule has 2 heterocycles. The Bertz CT molecular complexity index is 544. The molecule has 0 aliphatic heterocycles. The zero-order chi connectivity index (χ0) is 12.4. The molecule has 17 heavy (non-hydrogen) atoms. The lowest BCUT2D eigenvalue weighted by Gasteiger charge is -2.06. The van der Waals surface area contributed by atoms with Crippen LogP contribution < -0.4 is 5.32 Å². The first-order valence-electron chi connectivity index (χ1n) is 4.55. The smallest absolute Gasteiger partial charge is 0.251 e. The van der Waals surface area contributed by atoms with Gasteiger partial charge in [-0.2, -0.15) is 9.37 Å². The molecule has 0 saturated carbocycles. The van der Waals surface area contributed by atoms with Crippen molar-refractivity contribution < 1.29 is 13.2 Å². The van der Waals surface area contributed by atoms with Crippen LogP contribution >= 0.6 is 27.3 Å². The standard InChI is InChI=1S/C10H6BrF3N2S/c11-5-1-2-17-8(5)4-15-10-7(13)3-6(12)9(14)16-10/h1-3H,4H2,(H,15,16). The topological polar surface area (TPSA) is 24.9 Å². The minimum atomic E-state index is -1.32. The molecule has 90 valence electrons. The van der Waals surface area contributed by atoms with E-state index < -0.39 is 17.6 Å². The van der Waals surface area contributed by atoms with Gasteiger partial charge in [-0.3, -0.25) is 0 Å². The monoisotopic (exact) mass is 322 g/mol. The Labute approximate surface area is 108 Å². The third-order valence-electron chi connectivity index (χ3n) is 1.99. The van der Waals surface area contributed by atoms with Crippen molar-refractivity contribution in [3.63, 3.8) is 0 Å². The van der Waals surface area contributed by atoms with Crippen LogP contribution in [0.5, 0.6) is 0 Å². The fourth-order valence-electron chi connectivity index (χ4n) is 1.18. The number of thiophene rings is 1. The van der Waals surface area contributed by atoms with Gasteiger partial charge >= 0.3 is 0 Å². The number of aromatic nitrogens is 1. The summed E-state index contributed by atoms with van der Waals surface area (Å²) in [5.74, 6) is -3.84. The van der Waals surface area contributed by atoms with E-state index in [1.54, 1.807) is 0 Å². The van der Waals surface area contributed by atoms with Gasteiger partial charge in [0.25, 0.3) is 5.95 Å². The Morgan fingerprint density at radius 3 is 2.71 bits per heavy atom. The molecule has 2 aromatic rings. The Hall–Kier alpha value is -1.08. The number of halogens is 4. The normalized spacial score (nSPS) is 10.6. The number of pyridine rings is 1. The molecule has 0 aromatic carbocycles. The number of nitrogens with zero attached hydrogens (tertiary/aromatic N) is 1. The quantitative estimate of drug-likeness (QED) is 0.866. The van der Waals surface area contributed by atoms with Crippen molar-refractivity contribution in [3.05, 3.63) is 44.4 Å². The molecule has 0 atom stereocenters. The minimum absolute atomic E-state index is 0.285. The van der Waals surface area contributed by atoms with E-state index in [0.29, 0.717) is 6.07 Å². The lowest BCUT2D eigenvalue weighted by atomic mass is 10.4. The highest BCUT2D eigenvalue weighted by molar-refractivity contribution is 9.10. The van der Waals surface area contributed by atoms with Crippen LogP contribution in [-0.4, -0.2) is 4.98 Å². The van der Waals surface area contributed by atoms with Gasteiger partial charge in [0.2, 0.25) is 0 Å². The van der Waals surface area contributed by atoms with Crippen LogP contribution in [0.1, 0.15) is 4.88 Å². The molecule has 0 bridgehead atoms. The molecule has 7 heteroatoms. The summed E-state index contributed by atoms with van der Waals surface area (Å²) < 4.78 is 39.5. The predicted molar refractivity (Wildman–Crippen MR) is 63.5 cm³/mol. The maximum atomic E-state index is 13.2. The molecule has 0 unspecified atom stereocenters. The maximum Gasteiger partial charge on any atom is 0.251 e. The van der Waals surface area contributed by atoms with Crippen molar-refractivity contribution in [2.45, 2.75) is 6.54 Å². The van der Waals surface area contributed by atoms with Gasteiger partial charge in [-0.25, -0.2) is 8.78 Å². The van der Waals surface area contributed by atoms with Crippen LogP contribution in [0.15, 0.2) is 22.0 Å². The molecule has 1 N–H and O–H groups in total. The summed E-state index contributed by atoms with van der Waals surface area (Å²) in [5.41, 5.74) is 0. The molecule has 0 fully saturated rings. The van der Waals surface area contributed by atoms with E-state index >= 15 is 0 Å². The van der Waals surface area contributed by atoms with Gasteiger partial charge in [0.1, 0.15) is 0 Å². The molecule has 0 saturated heterocycles. The average Bonchev–Trinajstić information content (AvgIpc) is 2.68. The van der Waals surface area contributed by atoms with E-state index in [1.807, 2.05) is 11.4 Å². The molecular formula is C10H6BrF3N2S. The summed E-state index contributed by atoms with van der Waals surface area (Å²) in [6.07, 6.45) is 0. The van der Waals surface area contributed by atoms with Crippen LogP contribution in [-0.2, 0) is 6.54 Å². The lowest BCUT2D eigenvalue weighted by molar-refractivity contribution is 0.466. The SMILES string of the molecule is Fc1cc(F)c(NCc2sccc2Br)nc1F. The number of hydrogen-bond donors (Lipinski definition) is 1. The number of nitrogens with one attached hydrogen (secondary N) is 1. The summed E-state index contributed by atoms with van der Waals surface area (Å²) in [5, 5.41) is 4.47. The largest absolute Gasteiger partial charge is 0.363 e. The van der Waals surface area contributed by atoms with Crippen LogP contribution in [0.4, 0.5) is 19.0 Å². The van der Waals surface area contributed by atoms with Crippen molar-refractivity contribution in [3.8, 4) is 0 Å². The molecule has 0 radical (unpaired) electrons. The van der Waals surface area contributed by atoms with E-state index in [2.05, 4.69) is 26.2 Å². The van der Waals surface area contributed by atoms with Crippen molar-refractivity contribution in [1.29, 1.82) is 0 Å². The molecule has 0 aliphatic carbocycles. The van der Waals surface area contributed by atoms with E-state index in [-0.39, 0.29) is 12.4 Å². The molecule has 2 aromatic heterocycles. The Morgan fingerprint density at radius 2 is 2.06 bits per heavy atom. The third kappa shape index (κ3) is 2.78. The fourth-order valence-corrected chi connectivity index (χ4v) is 2.62. The molecule has 0 spiro atoms. The molecule has 0 amide bonds. The van der Waals surface area contributed by atoms with Crippen molar-refractivity contribution in [2.24, 2.45) is 0 Å². The molecule has 2 nitrogen and oxygen atoms in total. The average molecular weight is 323 g/mol. The summed E-state index contributed by atoms with van der Waals surface area (Å²) in [6.45, 7) is 0.285. The van der Waals surface area contributed by atoms with Crippen LogP contribution in [0.2, 0.25) is 0 Å². The second kappa shape index (κ2) is 5.05. The Kier molecular flexibility index (Phi) is 3.68. The van der Waals surface area contributed by atoms with Gasteiger partial charge in [0.05, 0.1) is 6.54 Å². The third-order valence-corrected chi connectivity index (χ3v) is 3.92. The summed E-state index contributed by atoms with van der Waals surface area (Å²) in [4.78, 5) is 4.08. The first-order chi connectivity index (χ1) is 8.08. The van der Waals surface area contributed by atoms with Crippen molar-refractivity contribution in [2.75, 3.05) is 5.32 Å². The highest BCUT2D eigenvalue weighted by atomic mass is 79.9. The second-order valence-electron chi connectivity index (χ2n) is 3.14. The van der Waals surface area contributed by atoms with E-state index in [0.717, 1.165) is 9.35 Å². The Balaban J connectivity index is 2.14. The number of anilines is 1. The molecular weight excluding hydrogens is 317 g/mol. The van der Waals surface area contributed by atoms with Crippen molar-refractivity contribution >= 4 is 33.1 Å². The fraction of sp³-hybridized carbons (Fsp3) is 0.100. The molecule has 2 rings (SSSR count). The summed E-state index contributed by atoms with van der Waals surface area (Å²) >= 11 is 4.76. The van der Waals surface area contributed by atoms with Gasteiger partial charge < -0.3 is 5.32 Å². The number of rotatable bonds is 3. The Morgan fingerprint density at radius 1 is 1.29 bits per heavy atom. The summed E-state index contributed by atoms with van der Waals surface area (Å²) in [6, 6.07) is 2.31. The zero-order valence-corrected chi connectivity index (χ0v) is 10.7. The van der Waals surface area contributed by atoms with E-state index in [4.69, 9.17) is 0 Å². The first-order valence-corrected chi connectivity index (χ1v) is 6.22. The zero-order valence-electron chi connectivity index (χ0n) is 8.31. The van der Waals surface area contributed by atoms with Crippen LogP contribution in [0.25, 0.3) is 0 Å². The maximum absolute atomic E-state index is 13.2. The van der Waals surface area contributed by atoms with Gasteiger partial charge in [-0.15, -0.1) is 11.3 Å². The highest BCUT2D eigenvalue weighted by Crippen LogP contribution is 2.24. The van der Waals surface area contributed by atoms with Gasteiger partial charge in [-0.1, -0.05) is 0 Å². The predicted octanol–water partition coefficient (Wildman–Crippen LogP) is 3.94. The van der Waals surface area contributed by atoms with Crippen LogP contribution in [0, 0.1) is 17.6 Å². The minimum Gasteiger partial charge on any atom is -0.363 e. The van der Waals surface area contributed by atoms with Gasteiger partial charge in [-0.05, 0) is 27.4 Å². The molecule has 0 aliphatic rings. The summed E-state index contributed by atoms with van der Waals surface area (Å²) in [7, 11) is 0. The highest BCUT2D eigenvalue weighted by Gasteiger charge is 2.11. The van der Waals surface area contributed by atoms with E-state index in [1.165, 1.54) is 11.3 Å². The number of hydrogen-bond acceptors (Lipinski definition) is 3.